The third-order valence-electron chi connectivity index (χ3n) is 5.87. The fraction of sp³-hybridized carbons (Fsp3) is 0.120. The highest BCUT2D eigenvalue weighted by atomic mass is 32.2. The second kappa shape index (κ2) is 7.17. The average molecular weight is 442 g/mol. The average Bonchev–Trinajstić information content (AvgIpc) is 3.39. The first-order valence-corrected chi connectivity index (χ1v) is 11.2. The molecule has 0 aromatic heterocycles. The molecule has 32 heavy (non-hydrogen) atoms. The minimum atomic E-state index is -1.23. The molecule has 7 heteroatoms. The molecule has 0 bridgehead atoms. The Morgan fingerprint density at radius 2 is 1.81 bits per heavy atom. The Bertz CT molecular complexity index is 1270. The Labute approximate surface area is 189 Å². The number of thioether (sulfide) groups is 1. The summed E-state index contributed by atoms with van der Waals surface area (Å²) in [5, 5.41) is 19.3. The molecule has 3 aliphatic heterocycles. The third kappa shape index (κ3) is 2.97. The SMILES string of the molecule is O=C1N[C@]2(Oc3ccccc3[C@@H]3CC(c4ccccc4)=NN32)/C(=C/c2ccc(O)cc2)S1. The molecule has 2 atom stereocenters. The van der Waals surface area contributed by atoms with Gasteiger partial charge in [0, 0.05) is 12.0 Å². The van der Waals surface area contributed by atoms with Gasteiger partial charge in [-0.25, -0.2) is 5.01 Å². The van der Waals surface area contributed by atoms with Gasteiger partial charge in [0.1, 0.15) is 11.5 Å². The molecule has 2 N–H and O–H groups in total. The zero-order valence-corrected chi connectivity index (χ0v) is 17.8. The number of hydrazone groups is 1. The summed E-state index contributed by atoms with van der Waals surface area (Å²) in [5.74, 6) is -0.304. The molecule has 3 aromatic carbocycles. The molecular formula is C25H19N3O3S. The molecule has 0 aliphatic carbocycles. The van der Waals surface area contributed by atoms with E-state index in [9.17, 15) is 9.90 Å². The molecule has 3 heterocycles. The zero-order chi connectivity index (χ0) is 21.7. The number of rotatable bonds is 2. The Kier molecular flexibility index (Phi) is 4.26. The van der Waals surface area contributed by atoms with Crippen LogP contribution < -0.4 is 10.1 Å². The number of phenolic OH excluding ortho intramolecular Hbond substituents is 1. The first-order valence-electron chi connectivity index (χ1n) is 10.3. The molecule has 3 aliphatic rings. The van der Waals surface area contributed by atoms with E-state index in [4.69, 9.17) is 9.84 Å². The fourth-order valence-corrected chi connectivity index (χ4v) is 5.30. The van der Waals surface area contributed by atoms with Crippen LogP contribution in [0.25, 0.3) is 6.08 Å². The second-order valence-corrected chi connectivity index (χ2v) is 8.89. The van der Waals surface area contributed by atoms with Crippen LogP contribution in [0.15, 0.2) is 88.9 Å². The Balaban J connectivity index is 1.51. The van der Waals surface area contributed by atoms with E-state index in [1.807, 2.05) is 59.6 Å². The number of benzene rings is 3. The van der Waals surface area contributed by atoms with Gasteiger partial charge in [0.25, 0.3) is 5.24 Å². The van der Waals surface area contributed by atoms with E-state index < -0.39 is 5.85 Å². The van der Waals surface area contributed by atoms with Gasteiger partial charge in [-0.15, -0.1) is 0 Å². The molecule has 1 fully saturated rings. The third-order valence-corrected chi connectivity index (χ3v) is 6.78. The van der Waals surface area contributed by atoms with Crippen LogP contribution in [-0.4, -0.2) is 26.9 Å². The molecule has 3 aromatic rings. The number of aromatic hydroxyl groups is 1. The molecule has 1 saturated heterocycles. The van der Waals surface area contributed by atoms with Crippen molar-refractivity contribution in [3.05, 3.63) is 100 Å². The van der Waals surface area contributed by atoms with Crippen molar-refractivity contribution >= 4 is 28.8 Å². The first kappa shape index (κ1) is 19.0. The van der Waals surface area contributed by atoms with Crippen LogP contribution in [0.1, 0.15) is 29.2 Å². The summed E-state index contributed by atoms with van der Waals surface area (Å²) < 4.78 is 6.51. The monoisotopic (exact) mass is 441 g/mol. The summed E-state index contributed by atoms with van der Waals surface area (Å²) in [5.41, 5.74) is 3.90. The van der Waals surface area contributed by atoms with Crippen LogP contribution in [0.4, 0.5) is 4.79 Å². The normalized spacial score (nSPS) is 24.7. The molecule has 6 rings (SSSR count). The van der Waals surface area contributed by atoms with Crippen molar-refractivity contribution < 1.29 is 14.6 Å². The van der Waals surface area contributed by atoms with E-state index in [-0.39, 0.29) is 17.0 Å². The number of nitrogens with one attached hydrogen (secondary N) is 1. The Morgan fingerprint density at radius 1 is 1.06 bits per heavy atom. The van der Waals surface area contributed by atoms with Crippen molar-refractivity contribution in [2.24, 2.45) is 5.10 Å². The van der Waals surface area contributed by atoms with Crippen molar-refractivity contribution in [1.82, 2.24) is 10.3 Å². The van der Waals surface area contributed by atoms with Crippen molar-refractivity contribution in [2.45, 2.75) is 18.3 Å². The Hall–Kier alpha value is -3.71. The van der Waals surface area contributed by atoms with Crippen LogP contribution in [0.5, 0.6) is 11.5 Å². The summed E-state index contributed by atoms with van der Waals surface area (Å²) in [7, 11) is 0. The van der Waals surface area contributed by atoms with Gasteiger partial charge in [-0.3, -0.25) is 10.1 Å². The molecule has 158 valence electrons. The molecular weight excluding hydrogens is 422 g/mol. The fourth-order valence-electron chi connectivity index (χ4n) is 4.39. The lowest BCUT2D eigenvalue weighted by Crippen LogP contribution is -2.61. The quantitative estimate of drug-likeness (QED) is 0.580. The number of phenols is 1. The number of ether oxygens (including phenoxy) is 1. The largest absolute Gasteiger partial charge is 0.508 e. The number of hydrogen-bond donors (Lipinski definition) is 2. The highest BCUT2D eigenvalue weighted by molar-refractivity contribution is 8.17. The van der Waals surface area contributed by atoms with Gasteiger partial charge in [-0.1, -0.05) is 60.7 Å². The van der Waals surface area contributed by atoms with Crippen LogP contribution in [0, 0.1) is 0 Å². The highest BCUT2D eigenvalue weighted by Crippen LogP contribution is 2.52. The minimum Gasteiger partial charge on any atom is -0.508 e. The van der Waals surface area contributed by atoms with Gasteiger partial charge in [0.15, 0.2) is 0 Å². The molecule has 6 nitrogen and oxygen atoms in total. The van der Waals surface area contributed by atoms with Crippen LogP contribution >= 0.6 is 11.8 Å². The molecule has 1 amide bonds. The van der Waals surface area contributed by atoms with Crippen molar-refractivity contribution in [2.75, 3.05) is 0 Å². The summed E-state index contributed by atoms with van der Waals surface area (Å²) in [6, 6.07) is 24.8. The number of para-hydroxylation sites is 1. The van der Waals surface area contributed by atoms with Crippen LogP contribution in [-0.2, 0) is 0 Å². The van der Waals surface area contributed by atoms with Crippen molar-refractivity contribution in [3.8, 4) is 11.5 Å². The maximum absolute atomic E-state index is 12.6. The maximum atomic E-state index is 12.6. The van der Waals surface area contributed by atoms with Crippen LogP contribution in [0.2, 0.25) is 0 Å². The van der Waals surface area contributed by atoms with Gasteiger partial charge in [-0.05, 0) is 47.2 Å². The van der Waals surface area contributed by atoms with E-state index >= 15 is 0 Å². The molecule has 0 radical (unpaired) electrons. The molecule has 1 spiro atoms. The van der Waals surface area contributed by atoms with E-state index in [0.717, 1.165) is 39.9 Å². The van der Waals surface area contributed by atoms with Gasteiger partial charge >= 0.3 is 5.85 Å². The van der Waals surface area contributed by atoms with Gasteiger partial charge in [0.05, 0.1) is 16.7 Å². The Morgan fingerprint density at radius 3 is 2.62 bits per heavy atom. The topological polar surface area (TPSA) is 74.2 Å². The second-order valence-electron chi connectivity index (χ2n) is 7.88. The van der Waals surface area contributed by atoms with E-state index in [2.05, 4.69) is 11.4 Å². The molecule has 0 unspecified atom stereocenters. The van der Waals surface area contributed by atoms with E-state index in [1.165, 1.54) is 0 Å². The van der Waals surface area contributed by atoms with Gasteiger partial charge < -0.3 is 9.84 Å². The van der Waals surface area contributed by atoms with E-state index in [0.29, 0.717) is 11.3 Å². The zero-order valence-electron chi connectivity index (χ0n) is 16.9. The predicted octanol–water partition coefficient (Wildman–Crippen LogP) is 5.09. The minimum absolute atomic E-state index is 0.0719. The smallest absolute Gasteiger partial charge is 0.314 e. The lowest BCUT2D eigenvalue weighted by Gasteiger charge is -2.45. The summed E-state index contributed by atoms with van der Waals surface area (Å²) >= 11 is 1.10. The highest BCUT2D eigenvalue weighted by Gasteiger charge is 2.58. The first-order chi connectivity index (χ1) is 15.6. The standard InChI is InChI=1S/C25H19N3O3S/c29-18-12-10-16(11-13-18)14-23-25(26-24(30)32-23)28-21(19-8-4-5-9-22(19)31-25)15-20(27-28)17-6-2-1-3-7-17/h1-14,21,29H,15H2,(H,26,30)/b23-14-/t21-,25+/m0/s1. The van der Waals surface area contributed by atoms with E-state index in [1.54, 1.807) is 24.3 Å². The van der Waals surface area contributed by atoms with Crippen LogP contribution in [0.3, 0.4) is 0 Å². The van der Waals surface area contributed by atoms with Gasteiger partial charge in [-0.2, -0.15) is 5.10 Å². The number of amides is 1. The van der Waals surface area contributed by atoms with Crippen molar-refractivity contribution in [1.29, 1.82) is 0 Å². The number of carbonyl (C=O) groups excluding carboxylic acids is 1. The van der Waals surface area contributed by atoms with Crippen molar-refractivity contribution in [3.63, 3.8) is 0 Å². The summed E-state index contributed by atoms with van der Waals surface area (Å²) in [4.78, 5) is 13.3. The number of fused-ring (bicyclic) bond motifs is 4. The van der Waals surface area contributed by atoms with Gasteiger partial charge in [0.2, 0.25) is 0 Å². The predicted molar refractivity (Wildman–Crippen MR) is 124 cm³/mol. The number of hydrogen-bond acceptors (Lipinski definition) is 6. The summed E-state index contributed by atoms with van der Waals surface area (Å²) in [6.07, 6.45) is 2.61. The lowest BCUT2D eigenvalue weighted by atomic mass is 9.95. The maximum Gasteiger partial charge on any atom is 0.314 e. The molecule has 0 saturated carbocycles. The number of carbonyl (C=O) groups is 1. The number of nitrogens with zero attached hydrogens (tertiary/aromatic N) is 2. The lowest BCUT2D eigenvalue weighted by molar-refractivity contribution is -0.0949. The summed E-state index contributed by atoms with van der Waals surface area (Å²) in [6.45, 7) is 0.